The number of benzene rings is 1. The van der Waals surface area contributed by atoms with Gasteiger partial charge in [0.25, 0.3) is 0 Å². The minimum atomic E-state index is 0.449. The van der Waals surface area contributed by atoms with E-state index in [0.717, 1.165) is 17.9 Å². The average molecular weight is 218 g/mol. The molecule has 1 unspecified atom stereocenters. The van der Waals surface area contributed by atoms with Gasteiger partial charge in [-0.15, -0.1) is 0 Å². The van der Waals surface area contributed by atoms with Crippen LogP contribution in [0.2, 0.25) is 0 Å². The van der Waals surface area contributed by atoms with Crippen molar-refractivity contribution in [2.45, 2.75) is 12.5 Å². The SMILES string of the molecule is N#Cc1ccc(C2CSCCCN2)cc1. The molecule has 0 radical (unpaired) electrons. The molecule has 1 aliphatic heterocycles. The molecular weight excluding hydrogens is 204 g/mol. The largest absolute Gasteiger partial charge is 0.309 e. The van der Waals surface area contributed by atoms with Crippen molar-refractivity contribution in [3.8, 4) is 6.07 Å². The molecule has 1 fully saturated rings. The summed E-state index contributed by atoms with van der Waals surface area (Å²) in [5.41, 5.74) is 2.03. The van der Waals surface area contributed by atoms with Crippen LogP contribution in [0.5, 0.6) is 0 Å². The predicted molar refractivity (Wildman–Crippen MR) is 63.8 cm³/mol. The third kappa shape index (κ3) is 2.74. The fourth-order valence-electron chi connectivity index (χ4n) is 1.71. The van der Waals surface area contributed by atoms with Gasteiger partial charge in [-0.1, -0.05) is 12.1 Å². The molecule has 0 aliphatic carbocycles. The topological polar surface area (TPSA) is 35.8 Å². The maximum atomic E-state index is 8.71. The van der Waals surface area contributed by atoms with E-state index in [4.69, 9.17) is 5.26 Å². The van der Waals surface area contributed by atoms with Gasteiger partial charge in [-0.2, -0.15) is 17.0 Å². The second-order valence-electron chi connectivity index (χ2n) is 3.67. The van der Waals surface area contributed by atoms with Crippen molar-refractivity contribution >= 4 is 11.8 Å². The van der Waals surface area contributed by atoms with Crippen LogP contribution >= 0.6 is 11.8 Å². The molecule has 1 saturated heterocycles. The zero-order chi connectivity index (χ0) is 10.5. The Morgan fingerprint density at radius 1 is 1.33 bits per heavy atom. The van der Waals surface area contributed by atoms with E-state index in [0.29, 0.717) is 6.04 Å². The summed E-state index contributed by atoms with van der Waals surface area (Å²) in [5.74, 6) is 2.38. The summed E-state index contributed by atoms with van der Waals surface area (Å²) in [6, 6.07) is 10.5. The second-order valence-corrected chi connectivity index (χ2v) is 4.82. The van der Waals surface area contributed by atoms with E-state index in [1.807, 2.05) is 23.9 Å². The Morgan fingerprint density at radius 2 is 2.13 bits per heavy atom. The summed E-state index contributed by atoms with van der Waals surface area (Å²) in [4.78, 5) is 0. The molecule has 15 heavy (non-hydrogen) atoms. The third-order valence-corrected chi connectivity index (χ3v) is 3.73. The smallest absolute Gasteiger partial charge is 0.0991 e. The molecule has 1 aliphatic rings. The van der Waals surface area contributed by atoms with Gasteiger partial charge in [-0.05, 0) is 36.4 Å². The van der Waals surface area contributed by atoms with Crippen LogP contribution in [-0.2, 0) is 0 Å². The van der Waals surface area contributed by atoms with Gasteiger partial charge >= 0.3 is 0 Å². The molecular formula is C12H14N2S. The Balaban J connectivity index is 2.10. The number of nitrogens with zero attached hydrogens (tertiary/aromatic N) is 1. The van der Waals surface area contributed by atoms with Crippen LogP contribution in [0.25, 0.3) is 0 Å². The predicted octanol–water partition coefficient (Wildman–Crippen LogP) is 2.33. The van der Waals surface area contributed by atoms with Crippen LogP contribution in [0.3, 0.4) is 0 Å². The van der Waals surface area contributed by atoms with Gasteiger partial charge in [0.05, 0.1) is 11.6 Å². The van der Waals surface area contributed by atoms with Crippen LogP contribution in [0, 0.1) is 11.3 Å². The number of rotatable bonds is 1. The maximum absolute atomic E-state index is 8.71. The van der Waals surface area contributed by atoms with E-state index in [-0.39, 0.29) is 0 Å². The lowest BCUT2D eigenvalue weighted by atomic mass is 10.1. The molecule has 0 saturated carbocycles. The van der Waals surface area contributed by atoms with Gasteiger partial charge in [-0.3, -0.25) is 0 Å². The summed E-state index contributed by atoms with van der Waals surface area (Å²) in [5, 5.41) is 12.2. The summed E-state index contributed by atoms with van der Waals surface area (Å²) in [7, 11) is 0. The molecule has 78 valence electrons. The van der Waals surface area contributed by atoms with E-state index >= 15 is 0 Å². The lowest BCUT2D eigenvalue weighted by molar-refractivity contribution is 0.590. The number of hydrogen-bond donors (Lipinski definition) is 1. The van der Waals surface area contributed by atoms with Crippen LogP contribution in [0.4, 0.5) is 0 Å². The Hall–Kier alpha value is -0.980. The first kappa shape index (κ1) is 10.5. The van der Waals surface area contributed by atoms with Gasteiger partial charge in [0.2, 0.25) is 0 Å². The molecule has 0 aromatic heterocycles. The van der Waals surface area contributed by atoms with Gasteiger partial charge < -0.3 is 5.32 Å². The first-order chi connectivity index (χ1) is 7.40. The quantitative estimate of drug-likeness (QED) is 0.786. The van der Waals surface area contributed by atoms with E-state index in [1.165, 1.54) is 17.7 Å². The molecule has 2 rings (SSSR count). The van der Waals surface area contributed by atoms with Crippen molar-refractivity contribution in [1.29, 1.82) is 5.26 Å². The van der Waals surface area contributed by atoms with E-state index in [1.54, 1.807) is 0 Å². The van der Waals surface area contributed by atoms with Crippen molar-refractivity contribution in [2.75, 3.05) is 18.1 Å². The fraction of sp³-hybridized carbons (Fsp3) is 0.417. The molecule has 3 heteroatoms. The highest BCUT2D eigenvalue weighted by Gasteiger charge is 2.13. The monoisotopic (exact) mass is 218 g/mol. The summed E-state index contributed by atoms with van der Waals surface area (Å²) < 4.78 is 0. The lowest BCUT2D eigenvalue weighted by Crippen LogP contribution is -2.22. The van der Waals surface area contributed by atoms with Crippen molar-refractivity contribution in [3.05, 3.63) is 35.4 Å². The van der Waals surface area contributed by atoms with Crippen LogP contribution < -0.4 is 5.32 Å². The Bertz CT molecular complexity index is 345. The van der Waals surface area contributed by atoms with Crippen molar-refractivity contribution in [2.24, 2.45) is 0 Å². The molecule has 2 nitrogen and oxygen atoms in total. The molecule has 1 N–H and O–H groups in total. The summed E-state index contributed by atoms with van der Waals surface area (Å²) in [6.45, 7) is 1.09. The zero-order valence-corrected chi connectivity index (χ0v) is 9.39. The second kappa shape index (κ2) is 5.20. The van der Waals surface area contributed by atoms with Crippen molar-refractivity contribution < 1.29 is 0 Å². The molecule has 1 heterocycles. The summed E-state index contributed by atoms with van der Waals surface area (Å²) >= 11 is 2.00. The Labute approximate surface area is 94.7 Å². The number of thioether (sulfide) groups is 1. The van der Waals surface area contributed by atoms with Crippen molar-refractivity contribution in [1.82, 2.24) is 5.32 Å². The number of nitriles is 1. The number of nitrogens with one attached hydrogen (secondary N) is 1. The molecule has 0 amide bonds. The van der Waals surface area contributed by atoms with Gasteiger partial charge in [0, 0.05) is 11.8 Å². The molecule has 0 bridgehead atoms. The molecule has 1 aromatic carbocycles. The fourth-order valence-corrected chi connectivity index (χ4v) is 2.78. The third-order valence-electron chi connectivity index (χ3n) is 2.58. The Kier molecular flexibility index (Phi) is 3.65. The average Bonchev–Trinajstić information content (AvgIpc) is 2.58. The zero-order valence-electron chi connectivity index (χ0n) is 8.57. The Morgan fingerprint density at radius 3 is 2.87 bits per heavy atom. The highest BCUT2D eigenvalue weighted by atomic mass is 32.2. The lowest BCUT2D eigenvalue weighted by Gasteiger charge is -2.15. The van der Waals surface area contributed by atoms with E-state index in [2.05, 4.69) is 23.5 Å². The minimum absolute atomic E-state index is 0.449. The standard InChI is InChI=1S/C12H14N2S/c13-8-10-2-4-11(5-3-10)12-9-15-7-1-6-14-12/h2-5,12,14H,1,6-7,9H2. The minimum Gasteiger partial charge on any atom is -0.309 e. The first-order valence-electron chi connectivity index (χ1n) is 5.21. The van der Waals surface area contributed by atoms with Crippen LogP contribution in [0.1, 0.15) is 23.6 Å². The number of hydrogen-bond acceptors (Lipinski definition) is 3. The van der Waals surface area contributed by atoms with Gasteiger partial charge in [0.15, 0.2) is 0 Å². The maximum Gasteiger partial charge on any atom is 0.0991 e. The summed E-state index contributed by atoms with van der Waals surface area (Å²) in [6.07, 6.45) is 1.25. The van der Waals surface area contributed by atoms with Crippen LogP contribution in [0.15, 0.2) is 24.3 Å². The van der Waals surface area contributed by atoms with E-state index < -0.39 is 0 Å². The normalized spacial score (nSPS) is 21.7. The first-order valence-corrected chi connectivity index (χ1v) is 6.37. The molecule has 1 aromatic rings. The highest BCUT2D eigenvalue weighted by Crippen LogP contribution is 2.21. The van der Waals surface area contributed by atoms with Gasteiger partial charge in [0.1, 0.15) is 0 Å². The van der Waals surface area contributed by atoms with Crippen molar-refractivity contribution in [3.63, 3.8) is 0 Å². The molecule has 1 atom stereocenters. The van der Waals surface area contributed by atoms with E-state index in [9.17, 15) is 0 Å². The highest BCUT2D eigenvalue weighted by molar-refractivity contribution is 7.99. The molecule has 0 spiro atoms. The van der Waals surface area contributed by atoms with Gasteiger partial charge in [-0.25, -0.2) is 0 Å². The van der Waals surface area contributed by atoms with Crippen LogP contribution in [-0.4, -0.2) is 18.1 Å².